The highest BCUT2D eigenvalue weighted by atomic mass is 16.4. The van der Waals surface area contributed by atoms with Crippen LogP contribution in [-0.4, -0.2) is 29.0 Å². The fourth-order valence-electron chi connectivity index (χ4n) is 0.675. The van der Waals surface area contributed by atoms with E-state index in [-0.39, 0.29) is 12.8 Å². The molecule has 0 saturated heterocycles. The van der Waals surface area contributed by atoms with Crippen molar-refractivity contribution in [1.29, 1.82) is 0 Å². The van der Waals surface area contributed by atoms with Gasteiger partial charge in [-0.2, -0.15) is 0 Å². The van der Waals surface area contributed by atoms with Gasteiger partial charge in [0, 0.05) is 6.42 Å². The van der Waals surface area contributed by atoms with Crippen LogP contribution < -0.4 is 16.6 Å². The van der Waals surface area contributed by atoms with Crippen molar-refractivity contribution >= 4 is 17.9 Å². The van der Waals surface area contributed by atoms with Crippen molar-refractivity contribution in [2.75, 3.05) is 0 Å². The van der Waals surface area contributed by atoms with E-state index in [1.54, 1.807) is 0 Å². The van der Waals surface area contributed by atoms with Gasteiger partial charge in [0.25, 0.3) is 0 Å². The summed E-state index contributed by atoms with van der Waals surface area (Å²) in [5.74, 6) is -3.01. The zero-order valence-corrected chi connectivity index (χ0v) is 6.77. The van der Waals surface area contributed by atoms with Crippen molar-refractivity contribution in [2.24, 2.45) is 16.5 Å². The number of aliphatic carboxylic acids is 2. The van der Waals surface area contributed by atoms with Crippen molar-refractivity contribution in [1.82, 2.24) is 0 Å². The highest BCUT2D eigenvalue weighted by molar-refractivity contribution is 5.81. The molecule has 0 aromatic carbocycles. The lowest BCUT2D eigenvalue weighted by atomic mass is 10.2. The molecule has 0 bridgehead atoms. The van der Waals surface area contributed by atoms with Gasteiger partial charge >= 0.3 is 5.97 Å². The van der Waals surface area contributed by atoms with E-state index in [2.05, 4.69) is 4.99 Å². The Morgan fingerprint density at radius 3 is 2.31 bits per heavy atom. The van der Waals surface area contributed by atoms with Gasteiger partial charge in [0.1, 0.15) is 0 Å². The van der Waals surface area contributed by atoms with Gasteiger partial charge in [-0.05, 0) is 6.42 Å². The maximum Gasteiger partial charge on any atom is 0.303 e. The maximum absolute atomic E-state index is 10.3. The lowest BCUT2D eigenvalue weighted by molar-refractivity contribution is -0.307. The number of guanidine groups is 1. The van der Waals surface area contributed by atoms with Gasteiger partial charge in [-0.15, -0.1) is 0 Å². The minimum atomic E-state index is -1.49. The number of hydrogen-bond donors (Lipinski definition) is 3. The van der Waals surface area contributed by atoms with Crippen LogP contribution in [-0.2, 0) is 9.59 Å². The predicted molar refractivity (Wildman–Crippen MR) is 41.5 cm³/mol. The average Bonchev–Trinajstić information content (AvgIpc) is 1.96. The van der Waals surface area contributed by atoms with Crippen molar-refractivity contribution in [2.45, 2.75) is 18.9 Å². The van der Waals surface area contributed by atoms with E-state index in [4.69, 9.17) is 16.6 Å². The number of rotatable bonds is 5. The van der Waals surface area contributed by atoms with Crippen LogP contribution in [0.2, 0.25) is 0 Å². The smallest absolute Gasteiger partial charge is 0.303 e. The van der Waals surface area contributed by atoms with Crippen molar-refractivity contribution < 1.29 is 19.8 Å². The van der Waals surface area contributed by atoms with Crippen LogP contribution in [0.3, 0.4) is 0 Å². The fraction of sp³-hybridized carbons (Fsp3) is 0.500. The van der Waals surface area contributed by atoms with Crippen LogP contribution in [0.1, 0.15) is 12.8 Å². The molecule has 0 aromatic heterocycles. The molecule has 13 heavy (non-hydrogen) atoms. The highest BCUT2D eigenvalue weighted by Crippen LogP contribution is 2.00. The lowest BCUT2D eigenvalue weighted by Gasteiger charge is -2.11. The normalized spacial score (nSPS) is 11.7. The minimum Gasteiger partial charge on any atom is -0.548 e. The molecular weight excluding hydrogens is 178 g/mol. The first kappa shape index (κ1) is 11.2. The lowest BCUT2D eigenvalue weighted by Crippen LogP contribution is -2.37. The molecule has 0 saturated carbocycles. The summed E-state index contributed by atoms with van der Waals surface area (Å²) in [6.45, 7) is 0. The molecule has 0 amide bonds. The summed E-state index contributed by atoms with van der Waals surface area (Å²) in [7, 11) is 0. The van der Waals surface area contributed by atoms with Crippen LogP contribution in [0, 0.1) is 0 Å². The Hall–Kier alpha value is -1.79. The van der Waals surface area contributed by atoms with Crippen LogP contribution in [0.4, 0.5) is 0 Å². The molecule has 7 nitrogen and oxygen atoms in total. The van der Waals surface area contributed by atoms with Gasteiger partial charge in [0.2, 0.25) is 0 Å². The first-order chi connectivity index (χ1) is 5.93. The predicted octanol–water partition coefficient (Wildman–Crippen LogP) is -2.76. The molecular formula is C6H10N3O4-. The third kappa shape index (κ3) is 5.48. The largest absolute Gasteiger partial charge is 0.548 e. The number of aliphatic imine (C=N–C) groups is 1. The number of nitrogens with zero attached hydrogens (tertiary/aromatic N) is 1. The third-order valence-corrected chi connectivity index (χ3v) is 1.21. The topological polar surface area (TPSA) is 142 Å². The Labute approximate surface area is 74.1 Å². The molecule has 7 heteroatoms. The molecule has 0 aliphatic carbocycles. The quantitative estimate of drug-likeness (QED) is 0.315. The number of carbonyl (C=O) groups excluding carboxylic acids is 1. The summed E-state index contributed by atoms with van der Waals surface area (Å²) >= 11 is 0. The van der Waals surface area contributed by atoms with Crippen molar-refractivity contribution in [3.05, 3.63) is 0 Å². The summed E-state index contributed by atoms with van der Waals surface area (Å²) in [5, 5.41) is 18.6. The Morgan fingerprint density at radius 2 is 2.00 bits per heavy atom. The summed E-state index contributed by atoms with van der Waals surface area (Å²) in [4.78, 5) is 23.7. The molecule has 0 fully saturated rings. The van der Waals surface area contributed by atoms with E-state index in [1.807, 2.05) is 0 Å². The number of hydrogen-bond acceptors (Lipinski definition) is 4. The average molecular weight is 188 g/mol. The second-order valence-corrected chi connectivity index (χ2v) is 2.32. The summed E-state index contributed by atoms with van der Waals surface area (Å²) in [5.41, 5.74) is 9.85. The van der Waals surface area contributed by atoms with Gasteiger partial charge in [-0.3, -0.25) is 4.79 Å². The van der Waals surface area contributed by atoms with E-state index in [1.165, 1.54) is 0 Å². The SMILES string of the molecule is NC(N)=N[C@@H](CCC(=O)O)C(=O)[O-]. The number of carboxylic acids is 2. The monoisotopic (exact) mass is 188 g/mol. The van der Waals surface area contributed by atoms with E-state index in [0.29, 0.717) is 0 Å². The second-order valence-electron chi connectivity index (χ2n) is 2.32. The summed E-state index contributed by atoms with van der Waals surface area (Å²) < 4.78 is 0. The molecule has 0 unspecified atom stereocenters. The fourth-order valence-corrected chi connectivity index (χ4v) is 0.675. The Balaban J connectivity index is 4.19. The Morgan fingerprint density at radius 1 is 1.46 bits per heavy atom. The molecule has 5 N–H and O–H groups in total. The van der Waals surface area contributed by atoms with Gasteiger partial charge in [0.05, 0.1) is 12.0 Å². The third-order valence-electron chi connectivity index (χ3n) is 1.21. The van der Waals surface area contributed by atoms with E-state index >= 15 is 0 Å². The van der Waals surface area contributed by atoms with E-state index in [9.17, 15) is 14.7 Å². The van der Waals surface area contributed by atoms with Crippen LogP contribution in [0.25, 0.3) is 0 Å². The van der Waals surface area contributed by atoms with Gasteiger partial charge < -0.3 is 26.5 Å². The molecule has 1 atom stereocenters. The zero-order valence-electron chi connectivity index (χ0n) is 6.77. The first-order valence-corrected chi connectivity index (χ1v) is 3.45. The maximum atomic E-state index is 10.3. The van der Waals surface area contributed by atoms with Crippen molar-refractivity contribution in [3.63, 3.8) is 0 Å². The Bertz CT molecular complexity index is 234. The molecule has 0 spiro atoms. The second kappa shape index (κ2) is 4.96. The van der Waals surface area contributed by atoms with Crippen LogP contribution in [0.15, 0.2) is 4.99 Å². The molecule has 0 heterocycles. The standard InChI is InChI=1S/C6H11N3O4/c7-6(8)9-3(5(12)13)1-2-4(10)11/h3H,1-2H2,(H,10,11)(H,12,13)(H4,7,8,9)/p-1/t3-/m0/s1. The van der Waals surface area contributed by atoms with Crippen LogP contribution in [0.5, 0.6) is 0 Å². The van der Waals surface area contributed by atoms with Crippen LogP contribution >= 0.6 is 0 Å². The molecule has 0 aliphatic heterocycles. The molecule has 0 rings (SSSR count). The number of carboxylic acid groups (broad SMARTS) is 2. The van der Waals surface area contributed by atoms with Gasteiger partial charge in [0.15, 0.2) is 5.96 Å². The number of nitrogens with two attached hydrogens (primary N) is 2. The molecule has 0 radical (unpaired) electrons. The van der Waals surface area contributed by atoms with E-state index < -0.39 is 23.9 Å². The van der Waals surface area contributed by atoms with Gasteiger partial charge in [-0.25, -0.2) is 4.99 Å². The summed E-state index contributed by atoms with van der Waals surface area (Å²) in [6.07, 6.45) is -0.509. The molecule has 74 valence electrons. The van der Waals surface area contributed by atoms with Crippen molar-refractivity contribution in [3.8, 4) is 0 Å². The zero-order chi connectivity index (χ0) is 10.4. The molecule has 0 aromatic rings. The highest BCUT2D eigenvalue weighted by Gasteiger charge is 2.10. The number of carbonyl (C=O) groups is 2. The summed E-state index contributed by atoms with van der Waals surface area (Å²) in [6, 6.07) is -1.29. The van der Waals surface area contributed by atoms with E-state index in [0.717, 1.165) is 0 Å². The van der Waals surface area contributed by atoms with Gasteiger partial charge in [-0.1, -0.05) is 0 Å². The Kier molecular flexibility index (Phi) is 4.28. The minimum absolute atomic E-state index is 0.185. The molecule has 0 aliphatic rings. The first-order valence-electron chi connectivity index (χ1n) is 3.45.